The number of fused-ring (bicyclic) bond motifs is 1. The fraction of sp³-hybridized carbons (Fsp3) is 0.621. The second-order valence-electron chi connectivity index (χ2n) is 13.4. The van der Waals surface area contributed by atoms with E-state index in [1.54, 1.807) is 17.0 Å². The van der Waals surface area contributed by atoms with Gasteiger partial charge < -0.3 is 46.0 Å². The molecule has 15 heteroatoms. The van der Waals surface area contributed by atoms with Gasteiger partial charge in [-0.3, -0.25) is 25.3 Å². The molecule has 5 fully saturated rings. The first kappa shape index (κ1) is 28.6. The predicted octanol–water partition coefficient (Wildman–Crippen LogP) is -0.853. The van der Waals surface area contributed by atoms with Crippen molar-refractivity contribution in [3.8, 4) is 5.75 Å². The highest BCUT2D eigenvalue weighted by Crippen LogP contribution is 2.44. The van der Waals surface area contributed by atoms with Crippen LogP contribution in [0.3, 0.4) is 0 Å². The van der Waals surface area contributed by atoms with E-state index < -0.39 is 41.5 Å². The molecule has 5 heterocycles. The lowest BCUT2D eigenvalue weighted by molar-refractivity contribution is -0.232. The van der Waals surface area contributed by atoms with Crippen LogP contribution in [-0.2, 0) is 10.2 Å². The quantitative estimate of drug-likeness (QED) is 0.153. The van der Waals surface area contributed by atoms with Crippen molar-refractivity contribution in [1.82, 2.24) is 36.0 Å². The van der Waals surface area contributed by atoms with Crippen molar-refractivity contribution in [3.63, 3.8) is 0 Å². The Morgan fingerprint density at radius 3 is 2.66 bits per heavy atom. The van der Waals surface area contributed by atoms with Gasteiger partial charge >= 0.3 is 6.03 Å². The molecule has 7 rings (SSSR count). The largest absolute Gasteiger partial charge is 0.492 e. The van der Waals surface area contributed by atoms with Crippen LogP contribution in [0.1, 0.15) is 61.9 Å². The Balaban J connectivity index is 1.15. The number of hydrogen-bond acceptors (Lipinski definition) is 8. The summed E-state index contributed by atoms with van der Waals surface area (Å²) in [5.41, 5.74) is -0.914. The normalized spacial score (nSPS) is 32.0. The van der Waals surface area contributed by atoms with Crippen molar-refractivity contribution in [2.24, 2.45) is 0 Å². The van der Waals surface area contributed by atoms with Crippen LogP contribution >= 0.6 is 0 Å². The summed E-state index contributed by atoms with van der Waals surface area (Å²) in [7, 11) is 0. The number of para-hydroxylation sites is 1. The maximum absolute atomic E-state index is 13.7. The third-order valence-corrected chi connectivity index (χ3v) is 10.4. The van der Waals surface area contributed by atoms with Gasteiger partial charge in [0.2, 0.25) is 11.7 Å². The Morgan fingerprint density at radius 2 is 1.91 bits per heavy atom. The molecule has 5 aliphatic heterocycles. The van der Waals surface area contributed by atoms with Crippen molar-refractivity contribution in [1.29, 1.82) is 10.8 Å². The molecule has 0 bridgehead atoms. The molecule has 8 N–H and O–H groups in total. The third kappa shape index (κ3) is 3.98. The Bertz CT molecular complexity index is 1460. The number of urea groups is 1. The van der Waals surface area contributed by atoms with Gasteiger partial charge in [0.1, 0.15) is 18.3 Å². The first-order valence-electron chi connectivity index (χ1n) is 15.2. The highest BCUT2D eigenvalue weighted by Gasteiger charge is 2.74. The van der Waals surface area contributed by atoms with Crippen LogP contribution < -0.4 is 26.0 Å². The molecule has 236 valence electrons. The van der Waals surface area contributed by atoms with Crippen LogP contribution in [0, 0.1) is 10.8 Å². The van der Waals surface area contributed by atoms with Crippen LogP contribution in [0.4, 0.5) is 4.79 Å². The highest BCUT2D eigenvalue weighted by molar-refractivity contribution is 6.02. The summed E-state index contributed by atoms with van der Waals surface area (Å²) in [6, 6.07) is 1.81. The molecule has 0 aromatic heterocycles. The van der Waals surface area contributed by atoms with E-state index >= 15 is 0 Å². The van der Waals surface area contributed by atoms with Crippen LogP contribution in [0.2, 0.25) is 0 Å². The minimum atomic E-state index is -2.69. The van der Waals surface area contributed by atoms with Crippen molar-refractivity contribution >= 4 is 29.8 Å². The highest BCUT2D eigenvalue weighted by atomic mass is 16.5. The van der Waals surface area contributed by atoms with Gasteiger partial charge in [-0.15, -0.1) is 0 Å². The number of benzene rings is 1. The lowest BCUT2D eigenvalue weighted by Crippen LogP contribution is -2.81. The van der Waals surface area contributed by atoms with E-state index in [-0.39, 0.29) is 54.5 Å². The smallest absolute Gasteiger partial charge is 0.327 e. The molecule has 4 saturated heterocycles. The van der Waals surface area contributed by atoms with Gasteiger partial charge in [-0.05, 0) is 30.7 Å². The average molecular weight is 610 g/mol. The molecule has 1 aromatic rings. The average Bonchev–Trinajstić information content (AvgIpc) is 3.72. The molecule has 1 spiro atoms. The molecule has 4 amide bonds. The molecular weight excluding hydrogens is 570 g/mol. The molecule has 44 heavy (non-hydrogen) atoms. The zero-order valence-electron chi connectivity index (χ0n) is 24.8. The van der Waals surface area contributed by atoms with Crippen molar-refractivity contribution in [2.45, 2.75) is 87.0 Å². The van der Waals surface area contributed by atoms with E-state index in [0.29, 0.717) is 12.4 Å². The maximum atomic E-state index is 13.7. The number of carbonyl (C=O) groups excluding carboxylic acids is 3. The van der Waals surface area contributed by atoms with E-state index in [4.69, 9.17) is 15.6 Å². The van der Waals surface area contributed by atoms with Crippen molar-refractivity contribution in [2.75, 3.05) is 26.2 Å². The number of aliphatic hydroxyl groups is 2. The Morgan fingerprint density at radius 1 is 1.16 bits per heavy atom. The minimum Gasteiger partial charge on any atom is -0.492 e. The molecular formula is C29H39N9O6. The summed E-state index contributed by atoms with van der Waals surface area (Å²) < 4.78 is 5.90. The van der Waals surface area contributed by atoms with Gasteiger partial charge in [-0.1, -0.05) is 38.8 Å². The van der Waals surface area contributed by atoms with Gasteiger partial charge in [-0.25, -0.2) is 4.79 Å². The Kier molecular flexibility index (Phi) is 6.31. The number of amides is 4. The number of guanidine groups is 2. The Labute approximate surface area is 254 Å². The van der Waals surface area contributed by atoms with E-state index in [1.807, 2.05) is 6.07 Å². The number of rotatable bonds is 5. The number of hydrogen-bond donors (Lipinski definition) is 8. The van der Waals surface area contributed by atoms with Crippen LogP contribution in [0.15, 0.2) is 18.2 Å². The van der Waals surface area contributed by atoms with Gasteiger partial charge in [0.15, 0.2) is 17.6 Å². The van der Waals surface area contributed by atoms with Crippen molar-refractivity contribution in [3.05, 3.63) is 29.3 Å². The van der Waals surface area contributed by atoms with Gasteiger partial charge in [-0.2, -0.15) is 0 Å². The zero-order valence-corrected chi connectivity index (χ0v) is 24.8. The summed E-state index contributed by atoms with van der Waals surface area (Å²) in [4.78, 5) is 44.1. The van der Waals surface area contributed by atoms with Crippen LogP contribution in [-0.4, -0.2) is 117 Å². The molecule has 1 aromatic carbocycles. The van der Waals surface area contributed by atoms with Gasteiger partial charge in [0.25, 0.3) is 5.91 Å². The lowest BCUT2D eigenvalue weighted by atomic mass is 9.79. The third-order valence-electron chi connectivity index (χ3n) is 10.4. The fourth-order valence-corrected chi connectivity index (χ4v) is 7.95. The SMILES string of the molecule is CC1(C)CCOc2c(C(=O)NC3CN4C(=N)NC(CN5C(=O)CN(C6CCCC6)C5=O)C5NC(=N)N[C@@]54C3(O)O)cccc21. The monoisotopic (exact) mass is 609 g/mol. The predicted molar refractivity (Wildman–Crippen MR) is 156 cm³/mol. The number of ether oxygens (including phenoxy) is 1. The second kappa shape index (κ2) is 9.69. The summed E-state index contributed by atoms with van der Waals surface area (Å²) in [6.07, 6.45) is 4.50. The summed E-state index contributed by atoms with van der Waals surface area (Å²) in [5, 5.41) is 52.4. The molecule has 3 unspecified atom stereocenters. The molecule has 1 aliphatic carbocycles. The van der Waals surface area contributed by atoms with Crippen LogP contribution in [0.25, 0.3) is 0 Å². The number of carbonyl (C=O) groups is 3. The fourth-order valence-electron chi connectivity index (χ4n) is 7.95. The maximum Gasteiger partial charge on any atom is 0.327 e. The van der Waals surface area contributed by atoms with E-state index in [0.717, 1.165) is 42.6 Å². The van der Waals surface area contributed by atoms with Gasteiger partial charge in [0.05, 0.1) is 30.8 Å². The summed E-state index contributed by atoms with van der Waals surface area (Å²) in [5.74, 6) is -3.59. The van der Waals surface area contributed by atoms with Gasteiger partial charge in [0, 0.05) is 18.2 Å². The Hall–Kier alpha value is -4.11. The minimum absolute atomic E-state index is 0.0147. The molecule has 4 atom stereocenters. The first-order valence-corrected chi connectivity index (χ1v) is 15.2. The standard InChI is InChI=1S/C29H39N9O6/c1-27(2)10-11-44-21-16(8-5-9-17(21)27)23(40)33-19-13-38-25(31)32-18(22-28(38,29(19,42)43)35-24(30)34-22)12-37-20(39)14-36(26(37)41)15-6-3-4-7-15/h5,8-9,15,18-19,22,42-43H,3-4,6-7,10-14H2,1-2H3,(H2,31,32)(H,33,40)(H3,30,34,35)/t18?,19?,22?,28-/m0/s1. The molecule has 0 radical (unpaired) electrons. The van der Waals surface area contributed by atoms with E-state index in [9.17, 15) is 24.6 Å². The second-order valence-corrected chi connectivity index (χ2v) is 13.4. The number of nitrogens with zero attached hydrogens (tertiary/aromatic N) is 3. The number of nitrogens with one attached hydrogen (secondary N) is 6. The first-order chi connectivity index (χ1) is 20.8. The van der Waals surface area contributed by atoms with Crippen molar-refractivity contribution < 1.29 is 29.3 Å². The summed E-state index contributed by atoms with van der Waals surface area (Å²) >= 11 is 0. The molecule has 1 saturated carbocycles. The number of imide groups is 1. The molecule has 6 aliphatic rings. The van der Waals surface area contributed by atoms with E-state index in [2.05, 4.69) is 35.1 Å². The summed E-state index contributed by atoms with van der Waals surface area (Å²) in [6.45, 7) is 4.26. The zero-order chi connectivity index (χ0) is 31.2. The molecule has 15 nitrogen and oxygen atoms in total. The topological polar surface area (TPSA) is 206 Å². The van der Waals surface area contributed by atoms with Crippen LogP contribution in [0.5, 0.6) is 5.75 Å². The van der Waals surface area contributed by atoms with E-state index in [1.165, 1.54) is 4.90 Å². The lowest BCUT2D eigenvalue weighted by Gasteiger charge is -2.51.